The number of aromatic nitrogens is 2. The van der Waals surface area contributed by atoms with Gasteiger partial charge in [-0.1, -0.05) is 6.08 Å². The molecule has 1 saturated heterocycles. The number of nitrogens with zero attached hydrogens (tertiary/aromatic N) is 4. The van der Waals surface area contributed by atoms with Gasteiger partial charge in [-0.15, -0.1) is 6.58 Å². The van der Waals surface area contributed by atoms with Crippen LogP contribution in [-0.2, 0) is 4.79 Å². The van der Waals surface area contributed by atoms with Gasteiger partial charge in [-0.3, -0.25) is 9.69 Å². The summed E-state index contributed by atoms with van der Waals surface area (Å²) in [7, 11) is 1.60. The van der Waals surface area contributed by atoms with Crippen molar-refractivity contribution in [3.05, 3.63) is 24.9 Å². The molecule has 1 fully saturated rings. The van der Waals surface area contributed by atoms with Crippen molar-refractivity contribution in [2.24, 2.45) is 0 Å². The van der Waals surface area contributed by atoms with E-state index >= 15 is 0 Å². The van der Waals surface area contributed by atoms with Crippen molar-refractivity contribution < 1.29 is 9.53 Å². The molecule has 7 nitrogen and oxygen atoms in total. The van der Waals surface area contributed by atoms with Crippen molar-refractivity contribution in [3.63, 3.8) is 0 Å². The molecule has 1 aliphatic heterocycles. The lowest BCUT2D eigenvalue weighted by Gasteiger charge is -2.26. The molecule has 0 spiro atoms. The fraction of sp³-hybridized carbons (Fsp3) is 0.562. The zero-order valence-electron chi connectivity index (χ0n) is 13.9. The van der Waals surface area contributed by atoms with Crippen LogP contribution in [0.2, 0.25) is 0 Å². The molecule has 1 aromatic heterocycles. The smallest absolute Gasteiger partial charge is 0.237 e. The molecular weight excluding hydrogens is 294 g/mol. The lowest BCUT2D eigenvalue weighted by atomic mass is 10.2. The number of carbonyl (C=O) groups is 1. The van der Waals surface area contributed by atoms with Crippen LogP contribution >= 0.6 is 0 Å². The maximum Gasteiger partial charge on any atom is 0.237 e. The number of methoxy groups -OCH3 is 1. The average Bonchev–Trinajstić information content (AvgIpc) is 2.85. The second-order valence-electron chi connectivity index (χ2n) is 5.49. The Morgan fingerprint density at radius 3 is 3.04 bits per heavy atom. The fourth-order valence-electron chi connectivity index (χ4n) is 2.61. The molecular formula is C16H25N5O2. The average molecular weight is 319 g/mol. The Kier molecular flexibility index (Phi) is 6.34. The molecule has 0 aromatic carbocycles. The molecule has 126 valence electrons. The van der Waals surface area contributed by atoms with E-state index in [0.29, 0.717) is 18.4 Å². The quantitative estimate of drug-likeness (QED) is 0.778. The van der Waals surface area contributed by atoms with Crippen LogP contribution in [0.3, 0.4) is 0 Å². The summed E-state index contributed by atoms with van der Waals surface area (Å²) in [5.41, 5.74) is 0. The predicted molar refractivity (Wildman–Crippen MR) is 89.7 cm³/mol. The summed E-state index contributed by atoms with van der Waals surface area (Å²) in [4.78, 5) is 25.1. The van der Waals surface area contributed by atoms with Crippen LogP contribution in [-0.4, -0.2) is 66.7 Å². The molecule has 0 unspecified atom stereocenters. The van der Waals surface area contributed by atoms with E-state index in [0.717, 1.165) is 32.6 Å². The monoisotopic (exact) mass is 319 g/mol. The molecule has 0 aliphatic carbocycles. The van der Waals surface area contributed by atoms with Crippen LogP contribution in [0.1, 0.15) is 13.3 Å². The Labute approximate surface area is 137 Å². The summed E-state index contributed by atoms with van der Waals surface area (Å²) in [5.74, 6) is 1.28. The number of rotatable bonds is 6. The molecule has 2 rings (SSSR count). The van der Waals surface area contributed by atoms with Gasteiger partial charge in [0.1, 0.15) is 0 Å². The summed E-state index contributed by atoms with van der Waals surface area (Å²) in [6.07, 6.45) is 4.35. The van der Waals surface area contributed by atoms with E-state index in [-0.39, 0.29) is 11.9 Å². The Balaban J connectivity index is 1.96. The first-order valence-electron chi connectivity index (χ1n) is 7.90. The van der Waals surface area contributed by atoms with Gasteiger partial charge < -0.3 is 15.0 Å². The minimum absolute atomic E-state index is 0.0379. The molecule has 0 radical (unpaired) electrons. The summed E-state index contributed by atoms with van der Waals surface area (Å²) < 4.78 is 5.16. The summed E-state index contributed by atoms with van der Waals surface area (Å²) in [5, 5.41) is 2.85. The Hall–Kier alpha value is -2.15. The first kappa shape index (κ1) is 17.2. The zero-order valence-corrected chi connectivity index (χ0v) is 13.9. The topological polar surface area (TPSA) is 70.6 Å². The standard InChI is InChI=1S/C16H25N5O2/c1-4-7-17-15(22)13(2)20-9-5-10-21(12-11-20)16-18-8-6-14(19-16)23-3/h4,6,8,13H,1,5,7,9-12H2,2-3H3,(H,17,22)/t13-/m1/s1. The summed E-state index contributed by atoms with van der Waals surface area (Å²) in [6.45, 7) is 9.38. The van der Waals surface area contributed by atoms with Crippen LogP contribution in [0.4, 0.5) is 5.95 Å². The lowest BCUT2D eigenvalue weighted by molar-refractivity contribution is -0.125. The van der Waals surface area contributed by atoms with Crippen LogP contribution in [0.5, 0.6) is 5.88 Å². The molecule has 0 saturated carbocycles. The summed E-state index contributed by atoms with van der Waals surface area (Å²) in [6, 6.07) is 1.58. The van der Waals surface area contributed by atoms with Crippen molar-refractivity contribution in [3.8, 4) is 5.88 Å². The first-order valence-corrected chi connectivity index (χ1v) is 7.90. The molecule has 1 N–H and O–H groups in total. The summed E-state index contributed by atoms with van der Waals surface area (Å²) >= 11 is 0. The maximum absolute atomic E-state index is 12.1. The van der Waals surface area contributed by atoms with E-state index in [9.17, 15) is 4.79 Å². The van der Waals surface area contributed by atoms with Gasteiger partial charge in [-0.2, -0.15) is 4.98 Å². The molecule has 1 aromatic rings. The minimum Gasteiger partial charge on any atom is -0.481 e. The van der Waals surface area contributed by atoms with Crippen LogP contribution < -0.4 is 15.0 Å². The number of carbonyl (C=O) groups excluding carboxylic acids is 1. The lowest BCUT2D eigenvalue weighted by Crippen LogP contribution is -2.46. The van der Waals surface area contributed by atoms with E-state index in [1.54, 1.807) is 25.4 Å². The van der Waals surface area contributed by atoms with E-state index in [2.05, 4.69) is 31.7 Å². The van der Waals surface area contributed by atoms with Crippen molar-refractivity contribution in [2.45, 2.75) is 19.4 Å². The molecule has 1 atom stereocenters. The third-order valence-electron chi connectivity index (χ3n) is 3.99. The number of hydrogen-bond acceptors (Lipinski definition) is 6. The van der Waals surface area contributed by atoms with Gasteiger partial charge in [-0.25, -0.2) is 4.98 Å². The third-order valence-corrected chi connectivity index (χ3v) is 3.99. The van der Waals surface area contributed by atoms with Crippen molar-refractivity contribution in [2.75, 3.05) is 44.7 Å². The van der Waals surface area contributed by atoms with E-state index < -0.39 is 0 Å². The van der Waals surface area contributed by atoms with Gasteiger partial charge in [0, 0.05) is 45.0 Å². The Bertz CT molecular complexity index is 537. The molecule has 23 heavy (non-hydrogen) atoms. The highest BCUT2D eigenvalue weighted by Gasteiger charge is 2.24. The normalized spacial score (nSPS) is 17.2. The number of amides is 1. The number of ether oxygens (including phenoxy) is 1. The number of anilines is 1. The van der Waals surface area contributed by atoms with Gasteiger partial charge in [-0.05, 0) is 13.3 Å². The van der Waals surface area contributed by atoms with Gasteiger partial charge >= 0.3 is 0 Å². The number of hydrogen-bond donors (Lipinski definition) is 1. The van der Waals surface area contributed by atoms with E-state index in [1.165, 1.54) is 0 Å². The Morgan fingerprint density at radius 2 is 2.30 bits per heavy atom. The highest BCUT2D eigenvalue weighted by atomic mass is 16.5. The molecule has 1 amide bonds. The zero-order chi connectivity index (χ0) is 16.7. The molecule has 2 heterocycles. The van der Waals surface area contributed by atoms with E-state index in [4.69, 9.17) is 4.74 Å². The van der Waals surface area contributed by atoms with Gasteiger partial charge in [0.05, 0.1) is 13.2 Å². The van der Waals surface area contributed by atoms with Crippen molar-refractivity contribution in [1.82, 2.24) is 20.2 Å². The molecule has 0 bridgehead atoms. The molecule has 7 heteroatoms. The van der Waals surface area contributed by atoms with Crippen LogP contribution in [0, 0.1) is 0 Å². The van der Waals surface area contributed by atoms with E-state index in [1.807, 2.05) is 6.92 Å². The van der Waals surface area contributed by atoms with Crippen molar-refractivity contribution >= 4 is 11.9 Å². The minimum atomic E-state index is -0.152. The Morgan fingerprint density at radius 1 is 1.48 bits per heavy atom. The second-order valence-corrected chi connectivity index (χ2v) is 5.49. The van der Waals surface area contributed by atoms with Gasteiger partial charge in [0.15, 0.2) is 0 Å². The largest absolute Gasteiger partial charge is 0.481 e. The highest BCUT2D eigenvalue weighted by Crippen LogP contribution is 2.15. The first-order chi connectivity index (χ1) is 11.2. The highest BCUT2D eigenvalue weighted by molar-refractivity contribution is 5.81. The fourth-order valence-corrected chi connectivity index (χ4v) is 2.61. The maximum atomic E-state index is 12.1. The van der Waals surface area contributed by atoms with Gasteiger partial charge in [0.2, 0.25) is 17.7 Å². The van der Waals surface area contributed by atoms with Crippen LogP contribution in [0.15, 0.2) is 24.9 Å². The second kappa shape index (κ2) is 8.47. The van der Waals surface area contributed by atoms with Crippen molar-refractivity contribution in [1.29, 1.82) is 0 Å². The molecule has 1 aliphatic rings. The third kappa shape index (κ3) is 4.66. The SMILES string of the molecule is C=CCNC(=O)[C@@H](C)N1CCCN(c2nccc(OC)n2)CC1. The van der Waals surface area contributed by atoms with Crippen LogP contribution in [0.25, 0.3) is 0 Å². The van der Waals surface area contributed by atoms with Gasteiger partial charge in [0.25, 0.3) is 0 Å². The number of nitrogens with one attached hydrogen (secondary N) is 1. The predicted octanol–water partition coefficient (Wildman–Crippen LogP) is 0.688.